The summed E-state index contributed by atoms with van der Waals surface area (Å²) in [5.41, 5.74) is 2.33. The van der Waals surface area contributed by atoms with Gasteiger partial charge in [0.15, 0.2) is 0 Å². The van der Waals surface area contributed by atoms with E-state index in [2.05, 4.69) is 41.1 Å². The lowest BCUT2D eigenvalue weighted by Gasteiger charge is -1.96. The fourth-order valence-electron chi connectivity index (χ4n) is 1.60. The average Bonchev–Trinajstić information content (AvgIpc) is 2.76. The molecular formula is C14H14BrO. The Labute approximate surface area is 105 Å². The van der Waals surface area contributed by atoms with Crippen LogP contribution in [-0.2, 0) is 6.42 Å². The molecule has 83 valence electrons. The smallest absolute Gasteiger partial charge is 0.104 e. The maximum atomic E-state index is 5.51. The Morgan fingerprint density at radius 2 is 1.88 bits per heavy atom. The van der Waals surface area contributed by atoms with E-state index in [0.29, 0.717) is 0 Å². The van der Waals surface area contributed by atoms with Gasteiger partial charge in [0.1, 0.15) is 5.76 Å². The van der Waals surface area contributed by atoms with Crippen molar-refractivity contribution in [1.82, 2.24) is 0 Å². The number of furan rings is 1. The van der Waals surface area contributed by atoms with Gasteiger partial charge in [-0.3, -0.25) is 0 Å². The third kappa shape index (κ3) is 2.76. The lowest BCUT2D eigenvalue weighted by atomic mass is 10.1. The van der Waals surface area contributed by atoms with E-state index in [1.807, 2.05) is 18.4 Å². The van der Waals surface area contributed by atoms with Crippen LogP contribution in [0.15, 0.2) is 45.5 Å². The molecule has 0 aliphatic heterocycles. The predicted molar refractivity (Wildman–Crippen MR) is 70.1 cm³/mol. The van der Waals surface area contributed by atoms with Crippen LogP contribution < -0.4 is 0 Å². The van der Waals surface area contributed by atoms with E-state index in [1.165, 1.54) is 5.56 Å². The molecule has 1 aromatic carbocycles. The second-order valence-electron chi connectivity index (χ2n) is 3.77. The maximum absolute atomic E-state index is 5.51. The van der Waals surface area contributed by atoms with E-state index in [1.54, 1.807) is 0 Å². The van der Waals surface area contributed by atoms with Gasteiger partial charge in [0.25, 0.3) is 0 Å². The topological polar surface area (TPSA) is 13.1 Å². The number of halogens is 1. The fraction of sp³-hybridized carbons (Fsp3) is 0.214. The molecule has 0 aliphatic carbocycles. The van der Waals surface area contributed by atoms with Crippen molar-refractivity contribution in [1.29, 1.82) is 0 Å². The van der Waals surface area contributed by atoms with E-state index in [0.717, 1.165) is 35.1 Å². The SMILES string of the molecule is [CH2]CCCc1cc(-c2ccc(Br)cc2)co1. The third-order valence-electron chi connectivity index (χ3n) is 2.50. The van der Waals surface area contributed by atoms with Crippen LogP contribution in [0.1, 0.15) is 18.6 Å². The van der Waals surface area contributed by atoms with Crippen LogP contribution in [-0.4, -0.2) is 0 Å². The van der Waals surface area contributed by atoms with Gasteiger partial charge in [-0.25, -0.2) is 0 Å². The predicted octanol–water partition coefficient (Wildman–Crippen LogP) is 4.87. The van der Waals surface area contributed by atoms with Crippen molar-refractivity contribution >= 4 is 15.9 Å². The highest BCUT2D eigenvalue weighted by atomic mass is 79.9. The van der Waals surface area contributed by atoms with Crippen LogP contribution in [0.5, 0.6) is 0 Å². The van der Waals surface area contributed by atoms with Crippen molar-refractivity contribution in [2.75, 3.05) is 0 Å². The highest BCUT2D eigenvalue weighted by molar-refractivity contribution is 9.10. The van der Waals surface area contributed by atoms with Crippen LogP contribution in [0.4, 0.5) is 0 Å². The first-order valence-electron chi connectivity index (χ1n) is 5.42. The minimum Gasteiger partial charge on any atom is -0.469 e. The molecular weight excluding hydrogens is 264 g/mol. The lowest BCUT2D eigenvalue weighted by molar-refractivity contribution is 0.503. The Kier molecular flexibility index (Phi) is 3.83. The molecule has 1 radical (unpaired) electrons. The van der Waals surface area contributed by atoms with Crippen molar-refractivity contribution in [3.05, 3.63) is 53.8 Å². The van der Waals surface area contributed by atoms with Gasteiger partial charge in [0.2, 0.25) is 0 Å². The highest BCUT2D eigenvalue weighted by Gasteiger charge is 2.03. The summed E-state index contributed by atoms with van der Waals surface area (Å²) in [7, 11) is 0. The van der Waals surface area contributed by atoms with Crippen LogP contribution in [0, 0.1) is 6.92 Å². The monoisotopic (exact) mass is 277 g/mol. The molecule has 0 saturated carbocycles. The summed E-state index contributed by atoms with van der Waals surface area (Å²) in [6, 6.07) is 10.4. The highest BCUT2D eigenvalue weighted by Crippen LogP contribution is 2.24. The number of unbranched alkanes of at least 4 members (excludes halogenated alkanes) is 1. The molecule has 1 nitrogen and oxygen atoms in total. The van der Waals surface area contributed by atoms with E-state index < -0.39 is 0 Å². The van der Waals surface area contributed by atoms with Crippen molar-refractivity contribution in [3.63, 3.8) is 0 Å². The van der Waals surface area contributed by atoms with Gasteiger partial charge < -0.3 is 4.42 Å². The molecule has 0 unspecified atom stereocenters. The number of hydrogen-bond donors (Lipinski definition) is 0. The van der Waals surface area contributed by atoms with Gasteiger partial charge in [0.05, 0.1) is 6.26 Å². The summed E-state index contributed by atoms with van der Waals surface area (Å²) >= 11 is 3.43. The number of hydrogen-bond acceptors (Lipinski definition) is 1. The van der Waals surface area contributed by atoms with E-state index in [-0.39, 0.29) is 0 Å². The average molecular weight is 278 g/mol. The Hall–Kier alpha value is -1.02. The zero-order valence-corrected chi connectivity index (χ0v) is 10.7. The van der Waals surface area contributed by atoms with Gasteiger partial charge in [-0.2, -0.15) is 0 Å². The molecule has 0 N–H and O–H groups in total. The van der Waals surface area contributed by atoms with Crippen LogP contribution in [0.25, 0.3) is 11.1 Å². The van der Waals surface area contributed by atoms with E-state index >= 15 is 0 Å². The Morgan fingerprint density at radius 1 is 1.12 bits per heavy atom. The summed E-state index contributed by atoms with van der Waals surface area (Å²) in [5, 5.41) is 0. The molecule has 0 saturated heterocycles. The Balaban J connectivity index is 2.15. The minimum absolute atomic E-state index is 0.953. The van der Waals surface area contributed by atoms with Crippen molar-refractivity contribution < 1.29 is 4.42 Å². The molecule has 2 aromatic rings. The van der Waals surface area contributed by atoms with Gasteiger partial charge in [-0.05, 0) is 30.2 Å². The fourth-order valence-corrected chi connectivity index (χ4v) is 1.87. The van der Waals surface area contributed by atoms with Crippen LogP contribution in [0.3, 0.4) is 0 Å². The summed E-state index contributed by atoms with van der Waals surface area (Å²) in [6.07, 6.45) is 4.82. The maximum Gasteiger partial charge on any atom is 0.104 e. The molecule has 2 heteroatoms. The minimum atomic E-state index is 0.953. The summed E-state index contributed by atoms with van der Waals surface area (Å²) < 4.78 is 6.61. The first-order chi connectivity index (χ1) is 7.79. The van der Waals surface area contributed by atoms with Crippen LogP contribution in [0.2, 0.25) is 0 Å². The lowest BCUT2D eigenvalue weighted by Crippen LogP contribution is -1.79. The largest absolute Gasteiger partial charge is 0.469 e. The summed E-state index contributed by atoms with van der Waals surface area (Å²) in [5.74, 6) is 1.04. The van der Waals surface area contributed by atoms with Crippen molar-refractivity contribution in [2.24, 2.45) is 0 Å². The van der Waals surface area contributed by atoms with Gasteiger partial charge >= 0.3 is 0 Å². The first-order valence-corrected chi connectivity index (χ1v) is 6.21. The second-order valence-corrected chi connectivity index (χ2v) is 4.68. The number of aryl methyl sites for hydroxylation is 1. The van der Waals surface area contributed by atoms with Gasteiger partial charge in [-0.1, -0.05) is 41.4 Å². The van der Waals surface area contributed by atoms with E-state index in [4.69, 9.17) is 4.42 Å². The second kappa shape index (κ2) is 5.35. The molecule has 0 spiro atoms. The molecule has 2 rings (SSSR count). The van der Waals surface area contributed by atoms with E-state index in [9.17, 15) is 0 Å². The normalized spacial score (nSPS) is 10.6. The third-order valence-corrected chi connectivity index (χ3v) is 3.03. The molecule has 0 bridgehead atoms. The number of rotatable bonds is 4. The quantitative estimate of drug-likeness (QED) is 0.778. The molecule has 0 fully saturated rings. The zero-order chi connectivity index (χ0) is 11.4. The molecule has 1 aromatic heterocycles. The summed E-state index contributed by atoms with van der Waals surface area (Å²) in [4.78, 5) is 0. The molecule has 0 aliphatic rings. The molecule has 0 amide bonds. The summed E-state index contributed by atoms with van der Waals surface area (Å²) in [6.45, 7) is 3.83. The first kappa shape index (κ1) is 11.5. The van der Waals surface area contributed by atoms with Crippen LogP contribution >= 0.6 is 15.9 Å². The van der Waals surface area contributed by atoms with Gasteiger partial charge in [-0.15, -0.1) is 0 Å². The zero-order valence-electron chi connectivity index (χ0n) is 9.08. The van der Waals surface area contributed by atoms with Gasteiger partial charge in [0, 0.05) is 16.5 Å². The molecule has 0 atom stereocenters. The number of benzene rings is 1. The molecule has 16 heavy (non-hydrogen) atoms. The Bertz CT molecular complexity index is 442. The van der Waals surface area contributed by atoms with Crippen molar-refractivity contribution in [3.8, 4) is 11.1 Å². The van der Waals surface area contributed by atoms with Crippen molar-refractivity contribution in [2.45, 2.75) is 19.3 Å². The standard InChI is InChI=1S/C14H14BrO/c1-2-3-4-14-9-12(10-16-14)11-5-7-13(15)8-6-11/h5-10H,1-4H2. The Morgan fingerprint density at radius 3 is 2.56 bits per heavy atom. The molecule has 1 heterocycles.